The van der Waals surface area contributed by atoms with Crippen LogP contribution >= 0.6 is 0 Å². The molecule has 0 spiro atoms. The molecule has 0 aliphatic carbocycles. The van der Waals surface area contributed by atoms with Crippen LogP contribution in [0.4, 0.5) is 0 Å². The lowest BCUT2D eigenvalue weighted by atomic mass is 10.2. The minimum absolute atomic E-state index is 0. The molecule has 0 heterocycles. The van der Waals surface area contributed by atoms with Crippen LogP contribution in [0.15, 0.2) is 26.3 Å². The van der Waals surface area contributed by atoms with Crippen molar-refractivity contribution in [1.82, 2.24) is 0 Å². The summed E-state index contributed by atoms with van der Waals surface area (Å²) in [7, 11) is 0. The van der Waals surface area contributed by atoms with E-state index in [2.05, 4.69) is 26.3 Å². The molecule has 1 amide bonds. The van der Waals surface area contributed by atoms with Crippen molar-refractivity contribution in [2.45, 2.75) is 64.4 Å². The van der Waals surface area contributed by atoms with E-state index in [0.29, 0.717) is 6.29 Å². The maximum Gasteiger partial charge on any atom is 0.219 e. The van der Waals surface area contributed by atoms with Gasteiger partial charge in [0.15, 0.2) is 0 Å². The molecule has 0 saturated carbocycles. The minimum atomic E-state index is -0.729. The Hall–Kier alpha value is -1.42. The normalized spacial score (nSPS) is 5.74. The molecule has 0 aliphatic heterocycles. The van der Waals surface area contributed by atoms with Gasteiger partial charge in [-0.15, -0.1) is 26.3 Å². The molecular weight excluding hydrogens is 240 g/mol. The molecule has 0 aliphatic rings. The third-order valence-corrected chi connectivity index (χ3v) is 0.612. The maximum absolute atomic E-state index is 9.95. The molecule has 0 aromatic heterocycles. The molecule has 4 heteroatoms. The lowest BCUT2D eigenvalue weighted by molar-refractivity contribution is -0.120. The van der Waals surface area contributed by atoms with Crippen molar-refractivity contribution >= 4 is 12.2 Å². The van der Waals surface area contributed by atoms with Crippen molar-refractivity contribution in [3.8, 4) is 0 Å². The maximum atomic E-state index is 9.95. The number of carbonyl (C=O) groups excluding carboxylic acids is 2. The zero-order valence-corrected chi connectivity index (χ0v) is 7.16. The Labute approximate surface area is 125 Å². The van der Waals surface area contributed by atoms with Gasteiger partial charge < -0.3 is 16.3 Å². The molecule has 0 aromatic rings. The van der Waals surface area contributed by atoms with Crippen molar-refractivity contribution in [3.63, 3.8) is 0 Å². The summed E-state index contributed by atoms with van der Waals surface area (Å²) in [5, 5.41) is 0. The van der Waals surface area contributed by atoms with Crippen LogP contribution in [0, 0.1) is 0 Å². The Balaban J connectivity index is -0.00000000848. The highest BCUT2D eigenvalue weighted by Gasteiger charge is 2.02. The van der Waals surface area contributed by atoms with Gasteiger partial charge in [-0.2, -0.15) is 0 Å². The summed E-state index contributed by atoms with van der Waals surface area (Å²) in [6, 6.07) is -0.729. The van der Waals surface area contributed by atoms with Gasteiger partial charge >= 0.3 is 0 Å². The Morgan fingerprint density at radius 1 is 0.895 bits per heavy atom. The Morgan fingerprint density at radius 3 is 1.16 bits per heavy atom. The van der Waals surface area contributed by atoms with Gasteiger partial charge in [-0.1, -0.05) is 52.0 Å². The van der Waals surface area contributed by atoms with Gasteiger partial charge in [0.05, 0.1) is 6.04 Å². The minimum Gasteiger partial charge on any atom is -0.370 e. The first-order chi connectivity index (χ1) is 5.66. The second-order valence-corrected chi connectivity index (χ2v) is 1.47. The van der Waals surface area contributed by atoms with E-state index in [9.17, 15) is 9.59 Å². The highest BCUT2D eigenvalue weighted by atomic mass is 16.1. The zero-order chi connectivity index (χ0) is 10.6. The highest BCUT2D eigenvalue weighted by molar-refractivity contribution is 5.78. The van der Waals surface area contributed by atoms with Gasteiger partial charge in [0.1, 0.15) is 6.29 Å². The number of rotatable bonds is 3. The molecule has 0 radical (unpaired) electrons. The third kappa shape index (κ3) is 168. The average molecular weight is 285 g/mol. The number of hydrogen-bond acceptors (Lipinski definition) is 3. The number of primary amides is 1. The summed E-state index contributed by atoms with van der Waals surface area (Å²) in [6.07, 6.45) is 0.425. The van der Waals surface area contributed by atoms with Gasteiger partial charge in [0.25, 0.3) is 0 Å². The van der Waals surface area contributed by atoms with Crippen LogP contribution in [0.5, 0.6) is 0 Å². The monoisotopic (exact) mass is 284 g/mol. The topological polar surface area (TPSA) is 86.2 Å². The van der Waals surface area contributed by atoms with Crippen LogP contribution in [0.25, 0.3) is 0 Å². The first-order valence-corrected chi connectivity index (χ1v) is 3.16. The molecule has 4 nitrogen and oxygen atoms in total. The summed E-state index contributed by atoms with van der Waals surface area (Å²) in [6.45, 7) is 12.0. The van der Waals surface area contributed by atoms with Gasteiger partial charge in [-0.25, -0.2) is 0 Å². The molecule has 0 saturated heterocycles. The fourth-order valence-electron chi connectivity index (χ4n) is 0.280. The van der Waals surface area contributed by atoms with E-state index in [-0.39, 0.29) is 58.4 Å². The fourth-order valence-corrected chi connectivity index (χ4v) is 0.280. The van der Waals surface area contributed by atoms with Crippen molar-refractivity contribution in [3.05, 3.63) is 26.3 Å². The summed E-state index contributed by atoms with van der Waals surface area (Å²) >= 11 is 0. The smallest absolute Gasteiger partial charge is 0.219 e. The van der Waals surface area contributed by atoms with Crippen LogP contribution in [-0.2, 0) is 9.59 Å². The number of aldehydes is 1. The highest BCUT2D eigenvalue weighted by Crippen LogP contribution is 1.78. The predicted molar refractivity (Wildman–Crippen MR) is 97.5 cm³/mol. The molecule has 0 unspecified atom stereocenters. The second kappa shape index (κ2) is 93.0. The fraction of sp³-hybridized carbons (Fsp3) is 0.600. The van der Waals surface area contributed by atoms with Crippen molar-refractivity contribution in [1.29, 1.82) is 0 Å². The van der Waals surface area contributed by atoms with Crippen LogP contribution in [-0.4, -0.2) is 18.2 Å². The Morgan fingerprint density at radius 2 is 1.11 bits per heavy atom. The van der Waals surface area contributed by atoms with E-state index in [1.165, 1.54) is 0 Å². The molecule has 0 fully saturated rings. The van der Waals surface area contributed by atoms with Crippen molar-refractivity contribution in [2.75, 3.05) is 0 Å². The van der Waals surface area contributed by atoms with Gasteiger partial charge in [0.2, 0.25) is 5.91 Å². The van der Waals surface area contributed by atoms with Gasteiger partial charge in [0, 0.05) is 6.42 Å². The third-order valence-electron chi connectivity index (χ3n) is 0.612. The van der Waals surface area contributed by atoms with Crippen LogP contribution in [0.1, 0.15) is 58.4 Å². The predicted octanol–water partition coefficient (Wildman–Crippen LogP) is 4.45. The van der Waals surface area contributed by atoms with Gasteiger partial charge in [-0.05, 0) is 0 Å². The summed E-state index contributed by atoms with van der Waals surface area (Å²) < 4.78 is 0. The second-order valence-electron chi connectivity index (χ2n) is 1.47. The van der Waals surface area contributed by atoms with E-state index in [4.69, 9.17) is 11.5 Å². The number of hydrogen-bond donors (Lipinski definition) is 2. The SMILES string of the molecule is C.C.C.C.C.C.C.C=C.C=C.NC(=O)C[C@@H](N)C=O. The quantitative estimate of drug-likeness (QED) is 0.593. The number of amides is 1. The largest absolute Gasteiger partial charge is 0.370 e. The van der Waals surface area contributed by atoms with E-state index in [0.717, 1.165) is 0 Å². The van der Waals surface area contributed by atoms with E-state index in [1.54, 1.807) is 0 Å². The van der Waals surface area contributed by atoms with Crippen LogP contribution in [0.2, 0.25) is 0 Å². The molecule has 1 atom stereocenters. The first kappa shape index (κ1) is 84.1. The molecule has 0 bridgehead atoms. The van der Waals surface area contributed by atoms with Gasteiger partial charge in [-0.3, -0.25) is 4.79 Å². The average Bonchev–Trinajstić information content (AvgIpc) is 2.10. The molecule has 19 heavy (non-hydrogen) atoms. The molecule has 0 aromatic carbocycles. The zero-order valence-electron chi connectivity index (χ0n) is 7.16. The van der Waals surface area contributed by atoms with E-state index >= 15 is 0 Å². The lowest BCUT2D eigenvalue weighted by Crippen LogP contribution is -2.28. The summed E-state index contributed by atoms with van der Waals surface area (Å²) in [5.74, 6) is -0.551. The van der Waals surface area contributed by atoms with Crippen molar-refractivity contribution in [2.24, 2.45) is 11.5 Å². The number of nitrogens with two attached hydrogens (primary N) is 2. The van der Waals surface area contributed by atoms with E-state index in [1.807, 2.05) is 0 Å². The lowest BCUT2D eigenvalue weighted by Gasteiger charge is -1.95. The summed E-state index contributed by atoms with van der Waals surface area (Å²) in [5.41, 5.74) is 9.70. The Kier molecular flexibility index (Phi) is 411. The molecular formula is C15H44N2O2. The molecule has 0 rings (SSSR count). The standard InChI is InChI=1S/C4H8N2O2.2C2H4.7CH4/c5-3(2-7)1-4(6)8;2*1-2;;;;;;;/h2-3H,1,5H2,(H2,6,8);2*1-2H2;7*1H4/t3-;;;;;;;;;/m1........./s1. The molecule has 126 valence electrons. The Bertz CT molecular complexity index is 127. The summed E-state index contributed by atoms with van der Waals surface area (Å²) in [4.78, 5) is 19.7. The first-order valence-electron chi connectivity index (χ1n) is 3.16. The molecule has 4 N–H and O–H groups in total. The number of carbonyl (C=O) groups is 2. The van der Waals surface area contributed by atoms with Crippen LogP contribution in [0.3, 0.4) is 0 Å². The van der Waals surface area contributed by atoms with E-state index < -0.39 is 11.9 Å². The van der Waals surface area contributed by atoms with Crippen molar-refractivity contribution < 1.29 is 9.59 Å². The van der Waals surface area contributed by atoms with Crippen LogP contribution < -0.4 is 11.5 Å².